The first kappa shape index (κ1) is 23.2. The molecule has 4 nitrogen and oxygen atoms in total. The fourth-order valence-corrected chi connectivity index (χ4v) is 1.37. The number of likely N-dealkylation sites (N-methyl/N-ethyl adjacent to an activating group) is 1. The molecule has 0 radical (unpaired) electrons. The average molecular weight is 274 g/mol. The van der Waals surface area contributed by atoms with E-state index in [-0.39, 0.29) is 17.7 Å². The third-order valence-corrected chi connectivity index (χ3v) is 2.07. The van der Waals surface area contributed by atoms with Crippen LogP contribution in [-0.4, -0.2) is 43.3 Å². The quantitative estimate of drug-likeness (QED) is 0.776. The van der Waals surface area contributed by atoms with Crippen LogP contribution in [0.5, 0.6) is 0 Å². The summed E-state index contributed by atoms with van der Waals surface area (Å²) in [4.78, 5) is 24.4. The number of hydrogen-bond donors (Lipinski definition) is 1. The Morgan fingerprint density at radius 1 is 1.05 bits per heavy atom. The molecular formula is C15H34N2O2. The zero-order valence-electron chi connectivity index (χ0n) is 14.2. The maximum absolute atomic E-state index is 11.4. The topological polar surface area (TPSA) is 49.4 Å². The van der Waals surface area contributed by atoms with Crippen molar-refractivity contribution in [3.05, 3.63) is 0 Å². The molecule has 0 aromatic rings. The largest absolute Gasteiger partial charge is 0.352 e. The van der Waals surface area contributed by atoms with E-state index in [1.807, 2.05) is 60.5 Å². The van der Waals surface area contributed by atoms with Crippen LogP contribution >= 0.6 is 0 Å². The summed E-state index contributed by atoms with van der Waals surface area (Å²) < 4.78 is 0. The van der Waals surface area contributed by atoms with Crippen molar-refractivity contribution in [2.75, 3.05) is 20.6 Å². The first-order chi connectivity index (χ1) is 8.95. The number of Topliss-reactive ketones (excluding diaryl/α,β-unsaturated/α-hetero) is 1. The van der Waals surface area contributed by atoms with Crippen molar-refractivity contribution in [3.63, 3.8) is 0 Å². The lowest BCUT2D eigenvalue weighted by atomic mass is 10.1. The molecule has 0 aromatic carbocycles. The molecule has 1 unspecified atom stereocenters. The number of rotatable bonds is 7. The Morgan fingerprint density at radius 3 is 1.89 bits per heavy atom. The van der Waals surface area contributed by atoms with Crippen LogP contribution in [0.15, 0.2) is 0 Å². The Morgan fingerprint density at radius 2 is 1.53 bits per heavy atom. The van der Waals surface area contributed by atoms with Gasteiger partial charge in [0.05, 0.1) is 0 Å². The average Bonchev–Trinajstić information content (AvgIpc) is 2.39. The normalized spacial score (nSPS) is 10.6. The molecule has 0 bridgehead atoms. The summed E-state index contributed by atoms with van der Waals surface area (Å²) in [5.74, 6) is 0.108. The van der Waals surface area contributed by atoms with E-state index < -0.39 is 0 Å². The Balaban J connectivity index is -0.000000579. The Hall–Kier alpha value is -0.900. The molecule has 0 aliphatic rings. The van der Waals surface area contributed by atoms with E-state index in [0.717, 1.165) is 6.54 Å². The fourth-order valence-electron chi connectivity index (χ4n) is 1.37. The van der Waals surface area contributed by atoms with E-state index in [1.165, 1.54) is 0 Å². The molecule has 0 aromatic heterocycles. The zero-order chi connectivity index (χ0) is 15.8. The third kappa shape index (κ3) is 19.6. The van der Waals surface area contributed by atoms with Crippen LogP contribution in [-0.2, 0) is 9.59 Å². The second-order valence-electron chi connectivity index (χ2n) is 4.12. The predicted molar refractivity (Wildman–Crippen MR) is 83.4 cm³/mol. The van der Waals surface area contributed by atoms with E-state index in [2.05, 4.69) is 5.32 Å². The van der Waals surface area contributed by atoms with E-state index in [9.17, 15) is 9.59 Å². The van der Waals surface area contributed by atoms with Crippen LogP contribution in [0.2, 0.25) is 0 Å². The number of amides is 1. The van der Waals surface area contributed by atoms with Crippen molar-refractivity contribution in [3.8, 4) is 0 Å². The van der Waals surface area contributed by atoms with Gasteiger partial charge < -0.3 is 10.2 Å². The van der Waals surface area contributed by atoms with Gasteiger partial charge in [0.25, 0.3) is 0 Å². The molecule has 4 heteroatoms. The number of carbonyl (C=O) groups excluding carboxylic acids is 2. The van der Waals surface area contributed by atoms with Gasteiger partial charge >= 0.3 is 0 Å². The standard InChI is InChI=1S/C11H22N2O2.2C2H6/c1-5-10(14)6-7-11(15)12-9(2)8-13(3)4;2*1-2/h9H,5-8H2,1-4H3,(H,12,15);2*1-2H3. The molecule has 0 heterocycles. The molecular weight excluding hydrogens is 240 g/mol. The van der Waals surface area contributed by atoms with Crippen molar-refractivity contribution in [1.29, 1.82) is 0 Å². The monoisotopic (exact) mass is 274 g/mol. The molecule has 1 N–H and O–H groups in total. The number of nitrogens with zero attached hydrogens (tertiary/aromatic N) is 1. The molecule has 116 valence electrons. The summed E-state index contributed by atoms with van der Waals surface area (Å²) in [6, 6.07) is 0.129. The summed E-state index contributed by atoms with van der Waals surface area (Å²) in [6.07, 6.45) is 1.18. The molecule has 1 amide bonds. The van der Waals surface area contributed by atoms with E-state index >= 15 is 0 Å². The number of carbonyl (C=O) groups is 2. The molecule has 0 saturated carbocycles. The van der Waals surface area contributed by atoms with Gasteiger partial charge in [0.2, 0.25) is 5.91 Å². The van der Waals surface area contributed by atoms with Crippen LogP contribution in [0.1, 0.15) is 60.8 Å². The summed E-state index contributed by atoms with van der Waals surface area (Å²) in [5.41, 5.74) is 0. The van der Waals surface area contributed by atoms with Crippen molar-refractivity contribution in [2.24, 2.45) is 0 Å². The summed E-state index contributed by atoms with van der Waals surface area (Å²) in [6.45, 7) is 12.6. The Kier molecular flexibility index (Phi) is 20.9. The minimum Gasteiger partial charge on any atom is -0.352 e. The van der Waals surface area contributed by atoms with Gasteiger partial charge in [-0.2, -0.15) is 0 Å². The predicted octanol–water partition coefficient (Wildman–Crippen LogP) is 2.86. The van der Waals surface area contributed by atoms with Gasteiger partial charge in [-0.15, -0.1) is 0 Å². The molecule has 0 fully saturated rings. The maximum Gasteiger partial charge on any atom is 0.220 e. The van der Waals surface area contributed by atoms with Crippen LogP contribution in [0.3, 0.4) is 0 Å². The molecule has 0 rings (SSSR count). The van der Waals surface area contributed by atoms with Gasteiger partial charge in [0.15, 0.2) is 0 Å². The van der Waals surface area contributed by atoms with Gasteiger partial charge in [-0.25, -0.2) is 0 Å². The highest BCUT2D eigenvalue weighted by Gasteiger charge is 2.09. The Bertz CT molecular complexity index is 216. The lowest BCUT2D eigenvalue weighted by Gasteiger charge is -2.18. The fraction of sp³-hybridized carbons (Fsp3) is 0.867. The zero-order valence-corrected chi connectivity index (χ0v) is 14.2. The summed E-state index contributed by atoms with van der Waals surface area (Å²) in [7, 11) is 3.92. The summed E-state index contributed by atoms with van der Waals surface area (Å²) >= 11 is 0. The molecule has 1 atom stereocenters. The van der Waals surface area contributed by atoms with Gasteiger partial charge in [-0.3, -0.25) is 9.59 Å². The van der Waals surface area contributed by atoms with E-state index in [1.54, 1.807) is 0 Å². The molecule has 0 saturated heterocycles. The molecule has 0 aliphatic carbocycles. The molecule has 0 spiro atoms. The second kappa shape index (κ2) is 17.1. The molecule has 19 heavy (non-hydrogen) atoms. The number of nitrogens with one attached hydrogen (secondary N) is 1. The maximum atomic E-state index is 11.4. The highest BCUT2D eigenvalue weighted by Crippen LogP contribution is 1.95. The smallest absolute Gasteiger partial charge is 0.220 e. The second-order valence-corrected chi connectivity index (χ2v) is 4.12. The van der Waals surface area contributed by atoms with Gasteiger partial charge in [0.1, 0.15) is 5.78 Å². The third-order valence-electron chi connectivity index (χ3n) is 2.07. The minimum absolute atomic E-state index is 0.0360. The van der Waals surface area contributed by atoms with Crippen molar-refractivity contribution < 1.29 is 9.59 Å². The van der Waals surface area contributed by atoms with Crippen LogP contribution < -0.4 is 5.32 Å². The SMILES string of the molecule is CC.CC.CCC(=O)CCC(=O)NC(C)CN(C)C. The van der Waals surface area contributed by atoms with Gasteiger partial charge in [-0.05, 0) is 21.0 Å². The first-order valence-electron chi connectivity index (χ1n) is 7.41. The van der Waals surface area contributed by atoms with Gasteiger partial charge in [0, 0.05) is 31.8 Å². The van der Waals surface area contributed by atoms with Crippen molar-refractivity contribution in [1.82, 2.24) is 10.2 Å². The number of hydrogen-bond acceptors (Lipinski definition) is 3. The van der Waals surface area contributed by atoms with Crippen LogP contribution in [0.25, 0.3) is 0 Å². The van der Waals surface area contributed by atoms with E-state index in [4.69, 9.17) is 0 Å². The van der Waals surface area contributed by atoms with Crippen molar-refractivity contribution in [2.45, 2.75) is 66.8 Å². The number of ketones is 1. The van der Waals surface area contributed by atoms with E-state index in [0.29, 0.717) is 19.3 Å². The Labute approximate surface area is 119 Å². The summed E-state index contributed by atoms with van der Waals surface area (Å²) in [5, 5.41) is 2.86. The lowest BCUT2D eigenvalue weighted by molar-refractivity contribution is -0.125. The minimum atomic E-state index is -0.0360. The van der Waals surface area contributed by atoms with Crippen LogP contribution in [0.4, 0.5) is 0 Å². The van der Waals surface area contributed by atoms with Crippen molar-refractivity contribution >= 4 is 11.7 Å². The molecule has 0 aliphatic heterocycles. The van der Waals surface area contributed by atoms with Crippen LogP contribution in [0, 0.1) is 0 Å². The highest BCUT2D eigenvalue weighted by molar-refractivity contribution is 5.84. The van der Waals surface area contributed by atoms with Gasteiger partial charge in [-0.1, -0.05) is 34.6 Å². The highest BCUT2D eigenvalue weighted by atomic mass is 16.2. The lowest BCUT2D eigenvalue weighted by Crippen LogP contribution is -2.39. The first-order valence-corrected chi connectivity index (χ1v) is 7.41.